The number of unbranched alkanes of at least 4 members (excludes halogenated alkanes) is 1. The lowest BCUT2D eigenvalue weighted by Gasteiger charge is -2.43. The Morgan fingerprint density at radius 3 is 1.50 bits per heavy atom. The van der Waals surface area contributed by atoms with Crippen molar-refractivity contribution in [3.8, 4) is 0 Å². The molecule has 4 aromatic rings. The molecule has 4 aromatic carbocycles. The van der Waals surface area contributed by atoms with Crippen LogP contribution in [0.15, 0.2) is 146 Å². The lowest BCUT2D eigenvalue weighted by Crippen LogP contribution is -2.56. The monoisotopic (exact) mass is 590 g/mol. The summed E-state index contributed by atoms with van der Waals surface area (Å²) in [7, 11) is 0. The third-order valence-electron chi connectivity index (χ3n) is 7.51. The van der Waals surface area contributed by atoms with E-state index in [0.29, 0.717) is 33.0 Å². The molecule has 5 rings (SSSR count). The maximum absolute atomic E-state index is 6.76. The summed E-state index contributed by atoms with van der Waals surface area (Å²) < 4.78 is 33.1. The number of hydrogen-bond acceptors (Lipinski definition) is 5. The van der Waals surface area contributed by atoms with Crippen molar-refractivity contribution in [3.05, 3.63) is 168 Å². The van der Waals surface area contributed by atoms with E-state index in [2.05, 4.69) is 61.2 Å². The highest BCUT2D eigenvalue weighted by Gasteiger charge is 2.46. The Labute approximate surface area is 261 Å². The van der Waals surface area contributed by atoms with Crippen LogP contribution in [0.4, 0.5) is 0 Å². The molecule has 44 heavy (non-hydrogen) atoms. The zero-order valence-electron chi connectivity index (χ0n) is 25.2. The Balaban J connectivity index is 1.44. The van der Waals surface area contributed by atoms with E-state index in [9.17, 15) is 0 Å². The Kier molecular flexibility index (Phi) is 12.4. The fourth-order valence-corrected chi connectivity index (χ4v) is 5.21. The van der Waals surface area contributed by atoms with Crippen LogP contribution < -0.4 is 0 Å². The average Bonchev–Trinajstić information content (AvgIpc) is 3.08. The molecule has 0 saturated carbocycles. The predicted octanol–water partition coefficient (Wildman–Crippen LogP) is 8.21. The van der Waals surface area contributed by atoms with Crippen LogP contribution in [0.1, 0.15) is 35.1 Å². The number of allylic oxidation sites excluding steroid dienone is 2. The van der Waals surface area contributed by atoms with Gasteiger partial charge in [-0.2, -0.15) is 0 Å². The highest BCUT2D eigenvalue weighted by molar-refractivity contribution is 5.18. The van der Waals surface area contributed by atoms with Gasteiger partial charge in [0.15, 0.2) is 6.10 Å². The van der Waals surface area contributed by atoms with E-state index in [4.69, 9.17) is 23.7 Å². The van der Waals surface area contributed by atoms with E-state index >= 15 is 0 Å². The second-order valence-corrected chi connectivity index (χ2v) is 10.9. The van der Waals surface area contributed by atoms with Crippen molar-refractivity contribution in [1.82, 2.24) is 0 Å². The molecule has 0 amide bonds. The molecule has 1 aliphatic rings. The summed E-state index contributed by atoms with van der Waals surface area (Å²) >= 11 is 0. The summed E-state index contributed by atoms with van der Waals surface area (Å²) in [5.41, 5.74) is 4.34. The van der Waals surface area contributed by atoms with Gasteiger partial charge >= 0.3 is 0 Å². The van der Waals surface area contributed by atoms with Gasteiger partial charge in [0.2, 0.25) is 0 Å². The number of hydrogen-bond donors (Lipinski definition) is 0. The molecule has 0 bridgehead atoms. The van der Waals surface area contributed by atoms with Gasteiger partial charge in [0.05, 0.1) is 33.0 Å². The van der Waals surface area contributed by atoms with Crippen LogP contribution in [0.3, 0.4) is 0 Å². The molecule has 228 valence electrons. The SMILES string of the molecule is C=CCC/C=C1\OC(COCc2ccccc2)C(OCc2ccccc2)C(OCc2ccccc2)C1OCc1ccccc1. The van der Waals surface area contributed by atoms with Crippen LogP contribution in [-0.4, -0.2) is 31.0 Å². The van der Waals surface area contributed by atoms with Crippen LogP contribution in [0.25, 0.3) is 0 Å². The molecule has 0 N–H and O–H groups in total. The van der Waals surface area contributed by atoms with Gasteiger partial charge in [-0.25, -0.2) is 0 Å². The second kappa shape index (κ2) is 17.3. The van der Waals surface area contributed by atoms with Crippen molar-refractivity contribution < 1.29 is 23.7 Å². The lowest BCUT2D eigenvalue weighted by molar-refractivity contribution is -0.223. The van der Waals surface area contributed by atoms with Crippen LogP contribution >= 0.6 is 0 Å². The third-order valence-corrected chi connectivity index (χ3v) is 7.51. The van der Waals surface area contributed by atoms with Crippen LogP contribution in [0.5, 0.6) is 0 Å². The molecule has 0 spiro atoms. The smallest absolute Gasteiger partial charge is 0.150 e. The molecule has 5 heteroatoms. The molecule has 4 atom stereocenters. The molecule has 0 aliphatic carbocycles. The van der Waals surface area contributed by atoms with Gasteiger partial charge in [-0.1, -0.05) is 127 Å². The molecule has 4 unspecified atom stereocenters. The lowest BCUT2D eigenvalue weighted by atomic mass is 9.96. The van der Waals surface area contributed by atoms with Crippen molar-refractivity contribution in [3.63, 3.8) is 0 Å². The number of ether oxygens (including phenoxy) is 5. The molecule has 1 heterocycles. The molecule has 1 fully saturated rings. The molecule has 0 aromatic heterocycles. The molecular formula is C39H42O5. The van der Waals surface area contributed by atoms with Crippen LogP contribution in [0, 0.1) is 0 Å². The fourth-order valence-electron chi connectivity index (χ4n) is 5.21. The van der Waals surface area contributed by atoms with Crippen molar-refractivity contribution in [2.75, 3.05) is 6.61 Å². The maximum atomic E-state index is 6.76. The summed E-state index contributed by atoms with van der Waals surface area (Å²) in [6, 6.07) is 40.7. The average molecular weight is 591 g/mol. The minimum absolute atomic E-state index is 0.337. The van der Waals surface area contributed by atoms with Gasteiger partial charge in [-0.05, 0) is 41.2 Å². The van der Waals surface area contributed by atoms with E-state index in [0.717, 1.165) is 40.9 Å². The number of benzene rings is 4. The molecule has 0 radical (unpaired) electrons. The van der Waals surface area contributed by atoms with Crippen LogP contribution in [0.2, 0.25) is 0 Å². The maximum Gasteiger partial charge on any atom is 0.150 e. The minimum atomic E-state index is -0.477. The summed E-state index contributed by atoms with van der Waals surface area (Å²) in [6.45, 7) is 5.96. The van der Waals surface area contributed by atoms with E-state index < -0.39 is 24.4 Å². The summed E-state index contributed by atoms with van der Waals surface area (Å²) in [5.74, 6) is 0.744. The van der Waals surface area contributed by atoms with Gasteiger partial charge in [-0.15, -0.1) is 6.58 Å². The van der Waals surface area contributed by atoms with E-state index in [-0.39, 0.29) is 0 Å². The Hall–Kier alpha value is -4.00. The Morgan fingerprint density at radius 2 is 1.00 bits per heavy atom. The molecule has 5 nitrogen and oxygen atoms in total. The quantitative estimate of drug-likeness (QED) is 0.0972. The Morgan fingerprint density at radius 1 is 0.545 bits per heavy atom. The highest BCUT2D eigenvalue weighted by atomic mass is 16.6. The summed E-state index contributed by atoms with van der Waals surface area (Å²) in [4.78, 5) is 0. The van der Waals surface area contributed by atoms with Crippen molar-refractivity contribution >= 4 is 0 Å². The normalized spacial score (nSPS) is 20.7. The standard InChI is InChI=1S/C39H42O5/c1-2-3-8-25-35-37(41-27-32-19-11-5-12-20-32)39(43-29-34-23-15-7-16-24-34)38(42-28-33-21-13-6-14-22-33)36(44-35)30-40-26-31-17-9-4-10-18-31/h2,4-7,9-25,36-39H,1,3,8,26-30H2/b35-25-. The largest absolute Gasteiger partial charge is 0.487 e. The summed E-state index contributed by atoms with van der Waals surface area (Å²) in [6.07, 6.45) is 3.84. The van der Waals surface area contributed by atoms with Gasteiger partial charge in [0, 0.05) is 0 Å². The van der Waals surface area contributed by atoms with Crippen molar-refractivity contribution in [1.29, 1.82) is 0 Å². The Bertz CT molecular complexity index is 1390. The number of rotatable bonds is 16. The first-order valence-corrected chi connectivity index (χ1v) is 15.4. The topological polar surface area (TPSA) is 46.2 Å². The van der Waals surface area contributed by atoms with Crippen molar-refractivity contribution in [2.24, 2.45) is 0 Å². The highest BCUT2D eigenvalue weighted by Crippen LogP contribution is 2.33. The van der Waals surface area contributed by atoms with Crippen molar-refractivity contribution in [2.45, 2.75) is 63.7 Å². The van der Waals surface area contributed by atoms with Gasteiger partial charge in [0.1, 0.15) is 24.1 Å². The van der Waals surface area contributed by atoms with E-state index in [1.807, 2.05) is 78.9 Å². The molecule has 1 saturated heterocycles. The fraction of sp³-hybridized carbons (Fsp3) is 0.282. The van der Waals surface area contributed by atoms with Crippen LogP contribution in [-0.2, 0) is 50.1 Å². The third kappa shape index (κ3) is 9.50. The second-order valence-electron chi connectivity index (χ2n) is 10.9. The molecule has 1 aliphatic heterocycles. The minimum Gasteiger partial charge on any atom is -0.487 e. The van der Waals surface area contributed by atoms with Gasteiger partial charge < -0.3 is 23.7 Å². The molecular weight excluding hydrogens is 548 g/mol. The van der Waals surface area contributed by atoms with E-state index in [1.165, 1.54) is 0 Å². The first-order valence-electron chi connectivity index (χ1n) is 15.4. The zero-order chi connectivity index (χ0) is 30.2. The van der Waals surface area contributed by atoms with E-state index in [1.54, 1.807) is 0 Å². The summed E-state index contributed by atoms with van der Waals surface area (Å²) in [5, 5.41) is 0. The zero-order valence-corrected chi connectivity index (χ0v) is 25.2. The first kappa shape index (κ1) is 31.4. The van der Waals surface area contributed by atoms with Gasteiger partial charge in [-0.3, -0.25) is 0 Å². The predicted molar refractivity (Wildman–Crippen MR) is 174 cm³/mol. The van der Waals surface area contributed by atoms with Gasteiger partial charge in [0.25, 0.3) is 0 Å². The first-order chi connectivity index (χ1) is 21.8.